The molecule has 0 aliphatic carbocycles. The van der Waals surface area contributed by atoms with Crippen LogP contribution >= 0.6 is 0 Å². The van der Waals surface area contributed by atoms with Gasteiger partial charge in [0, 0.05) is 25.5 Å². The first-order chi connectivity index (χ1) is 8.70. The highest BCUT2D eigenvalue weighted by molar-refractivity contribution is 7.90. The zero-order valence-corrected chi connectivity index (χ0v) is 12.5. The Bertz CT molecular complexity index is 553. The highest BCUT2D eigenvalue weighted by atomic mass is 32.2. The molecule has 6 heteroatoms. The maximum atomic E-state index is 11.9. The quantitative estimate of drug-likeness (QED) is 0.921. The maximum absolute atomic E-state index is 11.9. The summed E-state index contributed by atoms with van der Waals surface area (Å²) in [6.07, 6.45) is 1.14. The Morgan fingerprint density at radius 3 is 2.53 bits per heavy atom. The van der Waals surface area contributed by atoms with Crippen LogP contribution in [0.15, 0.2) is 29.2 Å². The highest BCUT2D eigenvalue weighted by Crippen LogP contribution is 2.15. The van der Waals surface area contributed by atoms with Gasteiger partial charge in [0.25, 0.3) is 0 Å². The van der Waals surface area contributed by atoms with Gasteiger partial charge in [-0.05, 0) is 24.1 Å². The molecular weight excluding hydrogens is 264 g/mol. The molecule has 2 amide bonds. The fraction of sp³-hybridized carbons (Fsp3) is 0.462. The molecule has 0 aromatic heterocycles. The van der Waals surface area contributed by atoms with Crippen molar-refractivity contribution in [2.75, 3.05) is 25.2 Å². The number of carbonyl (C=O) groups is 1. The zero-order chi connectivity index (χ0) is 14.6. The standard InChI is InChI=1S/C13H20N2O3S/c1-10(2)9-15(3)13(16)14-11-6-5-7-12(8-11)19(4,17)18/h5-8,10H,9H2,1-4H3,(H,14,16). The minimum atomic E-state index is -3.27. The van der Waals surface area contributed by atoms with E-state index >= 15 is 0 Å². The second-order valence-electron chi connectivity index (χ2n) is 5.00. The van der Waals surface area contributed by atoms with Crippen LogP contribution in [0.3, 0.4) is 0 Å². The third-order valence-corrected chi connectivity index (χ3v) is 3.61. The molecule has 106 valence electrons. The van der Waals surface area contributed by atoms with Crippen LogP contribution in [0.25, 0.3) is 0 Å². The van der Waals surface area contributed by atoms with Gasteiger partial charge < -0.3 is 10.2 Å². The molecule has 0 bridgehead atoms. The summed E-state index contributed by atoms with van der Waals surface area (Å²) in [7, 11) is -1.56. The molecular formula is C13H20N2O3S. The van der Waals surface area contributed by atoms with Crippen molar-refractivity contribution in [3.8, 4) is 0 Å². The van der Waals surface area contributed by atoms with Crippen molar-refractivity contribution in [3.63, 3.8) is 0 Å². The molecule has 1 aromatic carbocycles. The van der Waals surface area contributed by atoms with Crippen molar-refractivity contribution in [2.45, 2.75) is 18.7 Å². The summed E-state index contributed by atoms with van der Waals surface area (Å²) >= 11 is 0. The van der Waals surface area contributed by atoms with E-state index in [4.69, 9.17) is 0 Å². The summed E-state index contributed by atoms with van der Waals surface area (Å²) in [5.41, 5.74) is 0.475. The smallest absolute Gasteiger partial charge is 0.321 e. The van der Waals surface area contributed by atoms with Crippen LogP contribution in [0.5, 0.6) is 0 Å². The van der Waals surface area contributed by atoms with E-state index in [1.54, 1.807) is 24.1 Å². The van der Waals surface area contributed by atoms with E-state index in [1.807, 2.05) is 13.8 Å². The minimum Gasteiger partial charge on any atom is -0.327 e. The van der Waals surface area contributed by atoms with E-state index in [0.717, 1.165) is 6.26 Å². The Morgan fingerprint density at radius 2 is 2.00 bits per heavy atom. The predicted molar refractivity (Wildman–Crippen MR) is 76.0 cm³/mol. The van der Waals surface area contributed by atoms with E-state index in [2.05, 4.69) is 5.32 Å². The van der Waals surface area contributed by atoms with Crippen molar-refractivity contribution < 1.29 is 13.2 Å². The minimum absolute atomic E-state index is 0.191. The van der Waals surface area contributed by atoms with Crippen LogP contribution in [0.2, 0.25) is 0 Å². The number of carbonyl (C=O) groups excluding carboxylic acids is 1. The van der Waals surface area contributed by atoms with Crippen LogP contribution < -0.4 is 5.32 Å². The number of hydrogen-bond donors (Lipinski definition) is 1. The van der Waals surface area contributed by atoms with Gasteiger partial charge in [-0.1, -0.05) is 19.9 Å². The fourth-order valence-corrected chi connectivity index (χ4v) is 2.32. The Labute approximate surface area is 114 Å². The van der Waals surface area contributed by atoms with Crippen LogP contribution in [-0.4, -0.2) is 39.2 Å². The number of nitrogens with zero attached hydrogens (tertiary/aromatic N) is 1. The van der Waals surface area contributed by atoms with E-state index in [0.29, 0.717) is 18.2 Å². The first kappa shape index (κ1) is 15.5. The van der Waals surface area contributed by atoms with Gasteiger partial charge in [-0.2, -0.15) is 0 Å². The Morgan fingerprint density at radius 1 is 1.37 bits per heavy atom. The highest BCUT2D eigenvalue weighted by Gasteiger charge is 2.12. The molecule has 0 saturated heterocycles. The second-order valence-corrected chi connectivity index (χ2v) is 7.02. The van der Waals surface area contributed by atoms with Gasteiger partial charge in [-0.3, -0.25) is 0 Å². The van der Waals surface area contributed by atoms with Crippen molar-refractivity contribution >= 4 is 21.6 Å². The second kappa shape index (κ2) is 6.06. The Hall–Kier alpha value is -1.56. The third kappa shape index (κ3) is 4.90. The lowest BCUT2D eigenvalue weighted by Gasteiger charge is -2.20. The SMILES string of the molecule is CC(C)CN(C)C(=O)Nc1cccc(S(C)(=O)=O)c1. The van der Waals surface area contributed by atoms with Crippen molar-refractivity contribution in [1.82, 2.24) is 4.90 Å². The number of amides is 2. The van der Waals surface area contributed by atoms with Crippen molar-refractivity contribution in [3.05, 3.63) is 24.3 Å². The average Bonchev–Trinajstić information content (AvgIpc) is 2.27. The summed E-state index contributed by atoms with van der Waals surface area (Å²) in [5.74, 6) is 0.373. The third-order valence-electron chi connectivity index (χ3n) is 2.50. The van der Waals surface area contributed by atoms with E-state index in [-0.39, 0.29) is 10.9 Å². The number of hydrogen-bond acceptors (Lipinski definition) is 3. The average molecular weight is 284 g/mol. The Balaban J connectivity index is 2.81. The van der Waals surface area contributed by atoms with Gasteiger partial charge in [0.1, 0.15) is 0 Å². The van der Waals surface area contributed by atoms with E-state index in [9.17, 15) is 13.2 Å². The molecule has 0 atom stereocenters. The van der Waals surface area contributed by atoms with Crippen LogP contribution in [0.4, 0.5) is 10.5 Å². The van der Waals surface area contributed by atoms with Crippen molar-refractivity contribution in [1.29, 1.82) is 0 Å². The molecule has 0 saturated carbocycles. The predicted octanol–water partition coefficient (Wildman–Crippen LogP) is 2.21. The molecule has 0 radical (unpaired) electrons. The normalized spacial score (nSPS) is 11.4. The molecule has 0 spiro atoms. The van der Waals surface area contributed by atoms with Gasteiger partial charge >= 0.3 is 6.03 Å². The van der Waals surface area contributed by atoms with Crippen LogP contribution in [0.1, 0.15) is 13.8 Å². The van der Waals surface area contributed by atoms with Gasteiger partial charge in [-0.15, -0.1) is 0 Å². The van der Waals surface area contributed by atoms with Crippen molar-refractivity contribution in [2.24, 2.45) is 5.92 Å². The molecule has 19 heavy (non-hydrogen) atoms. The Kier molecular flexibility index (Phi) is 4.94. The lowest BCUT2D eigenvalue weighted by Crippen LogP contribution is -2.34. The zero-order valence-electron chi connectivity index (χ0n) is 11.7. The topological polar surface area (TPSA) is 66.5 Å². The fourth-order valence-electron chi connectivity index (χ4n) is 1.65. The monoisotopic (exact) mass is 284 g/mol. The molecule has 0 unspecified atom stereocenters. The number of sulfone groups is 1. The molecule has 0 aliphatic rings. The summed E-state index contributed by atoms with van der Waals surface area (Å²) in [6.45, 7) is 4.68. The van der Waals surface area contributed by atoms with Crippen LogP contribution in [-0.2, 0) is 9.84 Å². The lowest BCUT2D eigenvalue weighted by molar-refractivity contribution is 0.217. The number of rotatable bonds is 4. The number of anilines is 1. The molecule has 0 aliphatic heterocycles. The lowest BCUT2D eigenvalue weighted by atomic mass is 10.2. The molecule has 1 N–H and O–H groups in total. The number of benzene rings is 1. The molecule has 1 aromatic rings. The summed E-state index contributed by atoms with van der Waals surface area (Å²) in [6, 6.07) is 5.98. The molecule has 5 nitrogen and oxygen atoms in total. The first-order valence-corrected chi connectivity index (χ1v) is 7.91. The van der Waals surface area contributed by atoms with Gasteiger partial charge in [0.15, 0.2) is 9.84 Å². The molecule has 0 heterocycles. The van der Waals surface area contributed by atoms with Gasteiger partial charge in [-0.25, -0.2) is 13.2 Å². The van der Waals surface area contributed by atoms with E-state index in [1.165, 1.54) is 12.1 Å². The maximum Gasteiger partial charge on any atom is 0.321 e. The number of nitrogens with one attached hydrogen (secondary N) is 1. The van der Waals surface area contributed by atoms with Crippen LogP contribution in [0, 0.1) is 5.92 Å². The van der Waals surface area contributed by atoms with E-state index < -0.39 is 9.84 Å². The van der Waals surface area contributed by atoms with Gasteiger partial charge in [0.2, 0.25) is 0 Å². The summed E-state index contributed by atoms with van der Waals surface area (Å²) in [5, 5.41) is 2.68. The summed E-state index contributed by atoms with van der Waals surface area (Å²) < 4.78 is 22.9. The van der Waals surface area contributed by atoms with Gasteiger partial charge in [0.05, 0.1) is 4.90 Å². The first-order valence-electron chi connectivity index (χ1n) is 6.02. The molecule has 0 fully saturated rings. The largest absolute Gasteiger partial charge is 0.327 e. The summed E-state index contributed by atoms with van der Waals surface area (Å²) in [4.78, 5) is 13.6. The molecule has 1 rings (SSSR count). The number of urea groups is 1.